The lowest BCUT2D eigenvalue weighted by atomic mass is 9.98. The van der Waals surface area contributed by atoms with Gasteiger partial charge in [0, 0.05) is 5.69 Å². The van der Waals surface area contributed by atoms with Gasteiger partial charge in [0.15, 0.2) is 0 Å². The summed E-state index contributed by atoms with van der Waals surface area (Å²) in [5.74, 6) is -0.417. The Morgan fingerprint density at radius 3 is 2.65 bits per heavy atom. The summed E-state index contributed by atoms with van der Waals surface area (Å²) >= 11 is 0. The van der Waals surface area contributed by atoms with Crippen molar-refractivity contribution in [1.29, 1.82) is 0 Å². The lowest BCUT2D eigenvalue weighted by Gasteiger charge is -2.23. The van der Waals surface area contributed by atoms with E-state index in [-0.39, 0.29) is 17.4 Å². The quantitative estimate of drug-likeness (QED) is 0.790. The van der Waals surface area contributed by atoms with Crippen molar-refractivity contribution in [1.82, 2.24) is 0 Å². The highest BCUT2D eigenvalue weighted by molar-refractivity contribution is 5.94. The van der Waals surface area contributed by atoms with Gasteiger partial charge >= 0.3 is 5.97 Å². The first-order valence-corrected chi connectivity index (χ1v) is 5.96. The van der Waals surface area contributed by atoms with Crippen LogP contribution in [0.4, 0.5) is 5.69 Å². The highest BCUT2D eigenvalue weighted by Crippen LogP contribution is 2.25. The third-order valence-electron chi connectivity index (χ3n) is 3.11. The molecule has 1 aromatic rings. The molecule has 92 valence electrons. The number of benzene rings is 1. The summed E-state index contributed by atoms with van der Waals surface area (Å²) in [4.78, 5) is 10.9. The lowest BCUT2D eigenvalue weighted by Crippen LogP contribution is -2.19. The molecule has 0 bridgehead atoms. The molecule has 0 aliphatic heterocycles. The number of ether oxygens (including phenoxy) is 1. The molecule has 1 fully saturated rings. The first kappa shape index (κ1) is 11.8. The third-order valence-corrected chi connectivity index (χ3v) is 3.11. The first-order valence-electron chi connectivity index (χ1n) is 5.96. The standard InChI is InChI=1S/C13H17NO3/c14-12-7-6-10(8-11(12)13(15)16)17-9-4-2-1-3-5-9/h6-9H,1-5,14H2,(H,15,16). The molecule has 4 nitrogen and oxygen atoms in total. The van der Waals surface area contributed by atoms with E-state index in [4.69, 9.17) is 15.6 Å². The van der Waals surface area contributed by atoms with Gasteiger partial charge in [-0.15, -0.1) is 0 Å². The van der Waals surface area contributed by atoms with Gasteiger partial charge in [-0.3, -0.25) is 0 Å². The van der Waals surface area contributed by atoms with Gasteiger partial charge in [-0.2, -0.15) is 0 Å². The summed E-state index contributed by atoms with van der Waals surface area (Å²) in [6.45, 7) is 0. The van der Waals surface area contributed by atoms with E-state index in [1.54, 1.807) is 12.1 Å². The van der Waals surface area contributed by atoms with Crippen molar-refractivity contribution >= 4 is 11.7 Å². The van der Waals surface area contributed by atoms with E-state index in [1.165, 1.54) is 25.3 Å². The molecule has 1 aliphatic rings. The predicted molar refractivity (Wildman–Crippen MR) is 65.3 cm³/mol. The molecule has 0 heterocycles. The summed E-state index contributed by atoms with van der Waals surface area (Å²) in [7, 11) is 0. The van der Waals surface area contributed by atoms with E-state index in [1.807, 2.05) is 0 Å². The maximum Gasteiger partial charge on any atom is 0.337 e. The van der Waals surface area contributed by atoms with E-state index >= 15 is 0 Å². The minimum Gasteiger partial charge on any atom is -0.490 e. The van der Waals surface area contributed by atoms with Crippen LogP contribution in [0.25, 0.3) is 0 Å². The molecule has 0 saturated heterocycles. The summed E-state index contributed by atoms with van der Waals surface area (Å²) < 4.78 is 5.78. The largest absolute Gasteiger partial charge is 0.490 e. The number of hydrogen-bond acceptors (Lipinski definition) is 3. The van der Waals surface area contributed by atoms with Crippen molar-refractivity contribution in [2.24, 2.45) is 0 Å². The number of carbonyl (C=O) groups is 1. The summed E-state index contributed by atoms with van der Waals surface area (Å²) in [6.07, 6.45) is 5.95. The maximum atomic E-state index is 10.9. The Hall–Kier alpha value is -1.71. The van der Waals surface area contributed by atoms with Crippen molar-refractivity contribution in [2.45, 2.75) is 38.2 Å². The van der Waals surface area contributed by atoms with Crippen LogP contribution in [-0.2, 0) is 0 Å². The average molecular weight is 235 g/mol. The number of nitrogens with two attached hydrogens (primary N) is 1. The molecule has 0 amide bonds. The van der Waals surface area contributed by atoms with Gasteiger partial charge in [-0.25, -0.2) is 4.79 Å². The molecule has 0 radical (unpaired) electrons. The van der Waals surface area contributed by atoms with Crippen LogP contribution < -0.4 is 10.5 Å². The minimum absolute atomic E-state index is 0.110. The Morgan fingerprint density at radius 1 is 1.29 bits per heavy atom. The number of rotatable bonds is 3. The Morgan fingerprint density at radius 2 is 2.00 bits per heavy atom. The van der Waals surface area contributed by atoms with Crippen molar-refractivity contribution in [3.05, 3.63) is 23.8 Å². The van der Waals surface area contributed by atoms with Gasteiger partial charge in [0.2, 0.25) is 0 Å². The molecule has 0 atom stereocenters. The molecule has 2 rings (SSSR count). The van der Waals surface area contributed by atoms with Crippen molar-refractivity contribution < 1.29 is 14.6 Å². The number of carboxylic acid groups (broad SMARTS) is 1. The predicted octanol–water partition coefficient (Wildman–Crippen LogP) is 2.68. The fraction of sp³-hybridized carbons (Fsp3) is 0.462. The number of hydrogen-bond donors (Lipinski definition) is 2. The van der Waals surface area contributed by atoms with Crippen LogP contribution in [-0.4, -0.2) is 17.2 Å². The Balaban J connectivity index is 2.10. The maximum absolute atomic E-state index is 10.9. The van der Waals surface area contributed by atoms with Crippen LogP contribution in [0.15, 0.2) is 18.2 Å². The smallest absolute Gasteiger partial charge is 0.337 e. The Bertz CT molecular complexity index is 411. The van der Waals surface area contributed by atoms with Gasteiger partial charge in [-0.1, -0.05) is 6.42 Å². The number of aromatic carboxylic acids is 1. The van der Waals surface area contributed by atoms with Crippen molar-refractivity contribution in [3.8, 4) is 5.75 Å². The van der Waals surface area contributed by atoms with E-state index < -0.39 is 5.97 Å². The Kier molecular flexibility index (Phi) is 3.52. The summed E-state index contributed by atoms with van der Waals surface area (Å²) in [5, 5.41) is 8.96. The lowest BCUT2D eigenvalue weighted by molar-refractivity contribution is 0.0697. The van der Waals surface area contributed by atoms with Gasteiger partial charge in [0.1, 0.15) is 5.75 Å². The molecule has 1 aromatic carbocycles. The van der Waals surface area contributed by atoms with E-state index in [2.05, 4.69) is 0 Å². The second-order valence-electron chi connectivity index (χ2n) is 4.43. The molecular weight excluding hydrogens is 218 g/mol. The molecule has 0 aromatic heterocycles. The van der Waals surface area contributed by atoms with Gasteiger partial charge < -0.3 is 15.6 Å². The molecular formula is C13H17NO3. The first-order chi connectivity index (χ1) is 8.16. The highest BCUT2D eigenvalue weighted by Gasteiger charge is 2.16. The highest BCUT2D eigenvalue weighted by atomic mass is 16.5. The average Bonchev–Trinajstić information content (AvgIpc) is 2.32. The second-order valence-corrected chi connectivity index (χ2v) is 4.43. The van der Waals surface area contributed by atoms with Crippen LogP contribution in [0.5, 0.6) is 5.75 Å². The monoisotopic (exact) mass is 235 g/mol. The molecule has 0 unspecified atom stereocenters. The van der Waals surface area contributed by atoms with Crippen molar-refractivity contribution in [3.63, 3.8) is 0 Å². The van der Waals surface area contributed by atoms with Gasteiger partial charge in [0.25, 0.3) is 0 Å². The van der Waals surface area contributed by atoms with E-state index in [9.17, 15) is 4.79 Å². The minimum atomic E-state index is -1.02. The van der Waals surface area contributed by atoms with Crippen LogP contribution in [0.3, 0.4) is 0 Å². The zero-order valence-electron chi connectivity index (χ0n) is 9.69. The molecule has 4 heteroatoms. The number of carboxylic acids is 1. The Labute approximate surface area is 100 Å². The summed E-state index contributed by atoms with van der Waals surface area (Å²) in [6, 6.07) is 4.82. The van der Waals surface area contributed by atoms with E-state index in [0.717, 1.165) is 12.8 Å². The fourth-order valence-corrected chi connectivity index (χ4v) is 2.17. The second kappa shape index (κ2) is 5.08. The number of anilines is 1. The SMILES string of the molecule is Nc1ccc(OC2CCCCC2)cc1C(=O)O. The topological polar surface area (TPSA) is 72.5 Å². The van der Waals surface area contributed by atoms with Gasteiger partial charge in [-0.05, 0) is 43.9 Å². The molecule has 17 heavy (non-hydrogen) atoms. The zero-order valence-corrected chi connectivity index (χ0v) is 9.69. The molecule has 1 saturated carbocycles. The van der Waals surface area contributed by atoms with Gasteiger partial charge in [0.05, 0.1) is 11.7 Å². The summed E-state index contributed by atoms with van der Waals surface area (Å²) in [5.41, 5.74) is 5.97. The van der Waals surface area contributed by atoms with Crippen LogP contribution in [0.2, 0.25) is 0 Å². The number of nitrogen functional groups attached to an aromatic ring is 1. The van der Waals surface area contributed by atoms with Crippen molar-refractivity contribution in [2.75, 3.05) is 5.73 Å². The van der Waals surface area contributed by atoms with Crippen LogP contribution >= 0.6 is 0 Å². The molecule has 1 aliphatic carbocycles. The zero-order chi connectivity index (χ0) is 12.3. The molecule has 0 spiro atoms. The molecule has 3 N–H and O–H groups in total. The third kappa shape index (κ3) is 2.90. The fourth-order valence-electron chi connectivity index (χ4n) is 2.17. The van der Waals surface area contributed by atoms with Crippen LogP contribution in [0.1, 0.15) is 42.5 Å². The van der Waals surface area contributed by atoms with Crippen LogP contribution in [0, 0.1) is 0 Å². The van der Waals surface area contributed by atoms with E-state index in [0.29, 0.717) is 5.75 Å². The normalized spacial score (nSPS) is 16.7.